The van der Waals surface area contributed by atoms with Crippen molar-refractivity contribution in [2.75, 3.05) is 25.2 Å². The molecular formula is C13H18N2O4S. The number of hydrogen-bond donors (Lipinski definition) is 1. The monoisotopic (exact) mass is 298 g/mol. The normalized spacial score (nSPS) is 15.2. The fourth-order valence-corrected chi connectivity index (χ4v) is 3.06. The Balaban J connectivity index is 2.05. The molecule has 0 aromatic heterocycles. The molecule has 0 unspecified atom stereocenters. The van der Waals surface area contributed by atoms with Crippen molar-refractivity contribution in [3.63, 3.8) is 0 Å². The molecule has 0 saturated heterocycles. The Morgan fingerprint density at radius 3 is 2.60 bits per heavy atom. The first-order valence-electron chi connectivity index (χ1n) is 6.31. The van der Waals surface area contributed by atoms with Gasteiger partial charge in [0, 0.05) is 6.04 Å². The van der Waals surface area contributed by atoms with Crippen molar-refractivity contribution in [1.29, 1.82) is 0 Å². The van der Waals surface area contributed by atoms with E-state index in [1.165, 1.54) is 11.4 Å². The summed E-state index contributed by atoms with van der Waals surface area (Å²) in [7, 11) is -1.85. The van der Waals surface area contributed by atoms with E-state index in [4.69, 9.17) is 4.74 Å². The molecule has 1 aromatic rings. The minimum Gasteiger partial charge on any atom is -0.495 e. The molecule has 1 saturated carbocycles. The number of methoxy groups -OCH3 is 1. The van der Waals surface area contributed by atoms with E-state index in [-0.39, 0.29) is 18.5 Å². The maximum atomic E-state index is 12.0. The number of sulfonamides is 1. The molecule has 1 aliphatic rings. The number of para-hydroxylation sites is 2. The van der Waals surface area contributed by atoms with Crippen LogP contribution in [0.2, 0.25) is 0 Å². The molecule has 1 N–H and O–H groups in total. The molecule has 0 spiro atoms. The number of nitrogens with one attached hydrogen (secondary N) is 1. The third kappa shape index (κ3) is 3.71. The fourth-order valence-electron chi connectivity index (χ4n) is 1.96. The zero-order chi connectivity index (χ0) is 14.8. The summed E-state index contributed by atoms with van der Waals surface area (Å²) in [6.45, 7) is -0.165. The molecule has 7 heteroatoms. The third-order valence-electron chi connectivity index (χ3n) is 3.06. The second kappa shape index (κ2) is 5.80. The predicted molar refractivity (Wildman–Crippen MR) is 76.2 cm³/mol. The first-order chi connectivity index (χ1) is 9.41. The Hall–Kier alpha value is -1.60. The summed E-state index contributed by atoms with van der Waals surface area (Å²) < 4.78 is 29.7. The zero-order valence-corrected chi connectivity index (χ0v) is 12.3. The molecule has 0 radical (unpaired) electrons. The van der Waals surface area contributed by atoms with Gasteiger partial charge in [-0.3, -0.25) is 4.79 Å². The maximum absolute atomic E-state index is 12.0. The third-order valence-corrected chi connectivity index (χ3v) is 4.34. The van der Waals surface area contributed by atoms with Crippen LogP contribution in [0.15, 0.2) is 24.3 Å². The highest BCUT2D eigenvalue weighted by Crippen LogP contribution is 2.29. The number of carbonyl (C=O) groups is 1. The molecule has 0 heterocycles. The van der Waals surface area contributed by atoms with Gasteiger partial charge in [-0.1, -0.05) is 12.1 Å². The van der Waals surface area contributed by atoms with E-state index in [9.17, 15) is 13.2 Å². The van der Waals surface area contributed by atoms with Crippen molar-refractivity contribution >= 4 is 21.6 Å². The van der Waals surface area contributed by atoms with Gasteiger partial charge in [-0.25, -0.2) is 8.42 Å². The first kappa shape index (κ1) is 14.8. The largest absolute Gasteiger partial charge is 0.495 e. The number of benzene rings is 1. The van der Waals surface area contributed by atoms with Gasteiger partial charge in [0.15, 0.2) is 0 Å². The van der Waals surface area contributed by atoms with E-state index in [2.05, 4.69) is 5.32 Å². The molecule has 0 atom stereocenters. The van der Waals surface area contributed by atoms with Crippen molar-refractivity contribution in [2.45, 2.75) is 18.9 Å². The average molecular weight is 298 g/mol. The molecule has 1 aliphatic carbocycles. The summed E-state index contributed by atoms with van der Waals surface area (Å²) >= 11 is 0. The predicted octanol–water partition coefficient (Wildman–Crippen LogP) is 1.06. The Labute approximate surface area is 118 Å². The van der Waals surface area contributed by atoms with Crippen LogP contribution in [-0.4, -0.2) is 44.6 Å². The van der Waals surface area contributed by atoms with Gasteiger partial charge in [0.05, 0.1) is 25.6 Å². The van der Waals surface area contributed by atoms with Gasteiger partial charge in [0.25, 0.3) is 0 Å². The van der Waals surface area contributed by atoms with Crippen molar-refractivity contribution in [2.24, 2.45) is 0 Å². The highest BCUT2D eigenvalue weighted by Gasteiger charge is 2.36. The highest BCUT2D eigenvalue weighted by molar-refractivity contribution is 7.88. The van der Waals surface area contributed by atoms with E-state index < -0.39 is 10.0 Å². The molecule has 1 amide bonds. The lowest BCUT2D eigenvalue weighted by molar-refractivity contribution is -0.116. The number of hydrogen-bond acceptors (Lipinski definition) is 4. The van der Waals surface area contributed by atoms with E-state index >= 15 is 0 Å². The van der Waals surface area contributed by atoms with Gasteiger partial charge in [0.1, 0.15) is 5.75 Å². The van der Waals surface area contributed by atoms with Crippen LogP contribution < -0.4 is 10.1 Å². The van der Waals surface area contributed by atoms with E-state index in [0.717, 1.165) is 19.1 Å². The van der Waals surface area contributed by atoms with Crippen molar-refractivity contribution in [1.82, 2.24) is 4.31 Å². The quantitative estimate of drug-likeness (QED) is 0.852. The summed E-state index contributed by atoms with van der Waals surface area (Å²) in [6.07, 6.45) is 2.76. The standard InChI is InChI=1S/C13H18N2O4S/c1-19-12-6-4-3-5-11(12)14-13(16)9-15(10-7-8-10)20(2,17)18/h3-6,10H,7-9H2,1-2H3,(H,14,16). The molecule has 20 heavy (non-hydrogen) atoms. The van der Waals surface area contributed by atoms with Gasteiger partial charge in [0.2, 0.25) is 15.9 Å². The molecule has 2 rings (SSSR count). The van der Waals surface area contributed by atoms with Crippen LogP contribution in [0, 0.1) is 0 Å². The molecule has 6 nitrogen and oxygen atoms in total. The molecular weight excluding hydrogens is 280 g/mol. The number of carbonyl (C=O) groups excluding carboxylic acids is 1. The Morgan fingerprint density at radius 1 is 1.40 bits per heavy atom. The van der Waals surface area contributed by atoms with Crippen LogP contribution in [0.25, 0.3) is 0 Å². The van der Waals surface area contributed by atoms with Gasteiger partial charge in [-0.2, -0.15) is 4.31 Å². The van der Waals surface area contributed by atoms with Crippen molar-refractivity contribution in [3.8, 4) is 5.75 Å². The second-order valence-corrected chi connectivity index (χ2v) is 6.72. The lowest BCUT2D eigenvalue weighted by Gasteiger charge is -2.19. The number of anilines is 1. The lowest BCUT2D eigenvalue weighted by atomic mass is 10.3. The van der Waals surface area contributed by atoms with Crippen molar-refractivity contribution in [3.05, 3.63) is 24.3 Å². The van der Waals surface area contributed by atoms with Gasteiger partial charge >= 0.3 is 0 Å². The highest BCUT2D eigenvalue weighted by atomic mass is 32.2. The van der Waals surface area contributed by atoms with Crippen LogP contribution in [0.4, 0.5) is 5.69 Å². The van der Waals surface area contributed by atoms with Crippen LogP contribution >= 0.6 is 0 Å². The van der Waals surface area contributed by atoms with Crippen LogP contribution in [-0.2, 0) is 14.8 Å². The summed E-state index contributed by atoms with van der Waals surface area (Å²) in [5.74, 6) is 0.171. The van der Waals surface area contributed by atoms with Crippen LogP contribution in [0.5, 0.6) is 5.75 Å². The van der Waals surface area contributed by atoms with Crippen LogP contribution in [0.3, 0.4) is 0 Å². The zero-order valence-electron chi connectivity index (χ0n) is 11.5. The van der Waals surface area contributed by atoms with E-state index in [1.807, 2.05) is 0 Å². The molecule has 0 bridgehead atoms. The molecule has 1 fully saturated rings. The summed E-state index contributed by atoms with van der Waals surface area (Å²) in [4.78, 5) is 12.0. The summed E-state index contributed by atoms with van der Waals surface area (Å²) in [6, 6.07) is 6.96. The summed E-state index contributed by atoms with van der Waals surface area (Å²) in [5.41, 5.74) is 0.532. The number of nitrogens with zero attached hydrogens (tertiary/aromatic N) is 1. The van der Waals surface area contributed by atoms with E-state index in [0.29, 0.717) is 11.4 Å². The first-order valence-corrected chi connectivity index (χ1v) is 8.16. The maximum Gasteiger partial charge on any atom is 0.239 e. The smallest absolute Gasteiger partial charge is 0.239 e. The average Bonchev–Trinajstić information content (AvgIpc) is 3.19. The minimum atomic E-state index is -3.36. The van der Waals surface area contributed by atoms with Crippen LogP contribution in [0.1, 0.15) is 12.8 Å². The topological polar surface area (TPSA) is 75.7 Å². The second-order valence-electron chi connectivity index (χ2n) is 4.79. The Bertz CT molecular complexity index is 596. The minimum absolute atomic E-state index is 0.0339. The van der Waals surface area contributed by atoms with Gasteiger partial charge in [-0.15, -0.1) is 0 Å². The van der Waals surface area contributed by atoms with Gasteiger partial charge < -0.3 is 10.1 Å². The Morgan fingerprint density at radius 2 is 2.05 bits per heavy atom. The number of amides is 1. The fraction of sp³-hybridized carbons (Fsp3) is 0.462. The van der Waals surface area contributed by atoms with Gasteiger partial charge in [-0.05, 0) is 25.0 Å². The number of ether oxygens (including phenoxy) is 1. The molecule has 1 aromatic carbocycles. The number of rotatable bonds is 6. The SMILES string of the molecule is COc1ccccc1NC(=O)CN(C1CC1)S(C)(=O)=O. The Kier molecular flexibility index (Phi) is 4.29. The molecule has 110 valence electrons. The summed E-state index contributed by atoms with van der Waals surface area (Å²) in [5, 5.41) is 2.68. The molecule has 0 aliphatic heterocycles. The lowest BCUT2D eigenvalue weighted by Crippen LogP contribution is -2.38. The van der Waals surface area contributed by atoms with Crippen molar-refractivity contribution < 1.29 is 17.9 Å². The van der Waals surface area contributed by atoms with E-state index in [1.54, 1.807) is 24.3 Å².